The molecule has 0 aromatic heterocycles. The Kier molecular flexibility index (Phi) is 10.1. The molecule has 0 unspecified atom stereocenters. The average molecular weight is 172 g/mol. The Morgan fingerprint density at radius 3 is 2.29 bits per heavy atom. The molecule has 0 fully saturated rings. The van der Waals surface area contributed by atoms with Gasteiger partial charge in [-0.3, -0.25) is 6.58 Å². The molecule has 0 bridgehead atoms. The number of hydrogen-bond donors (Lipinski definition) is 0. The van der Waals surface area contributed by atoms with Crippen molar-refractivity contribution in [2.75, 3.05) is 13.6 Å². The van der Waals surface area contributed by atoms with Crippen LogP contribution in [0.4, 0.5) is 0 Å². The molecule has 0 aliphatic rings. The van der Waals surface area contributed by atoms with Crippen LogP contribution in [0.2, 0.25) is 0 Å². The molecule has 0 aromatic carbocycles. The summed E-state index contributed by atoms with van der Waals surface area (Å²) in [5.41, 5.74) is 0. The maximum Gasteiger partial charge on any atom is 0 e. The van der Waals surface area contributed by atoms with E-state index < -0.39 is 0 Å². The van der Waals surface area contributed by atoms with Crippen LogP contribution in [-0.2, 0) is 32.7 Å². The van der Waals surface area contributed by atoms with Gasteiger partial charge in [-0.2, -0.15) is 0 Å². The van der Waals surface area contributed by atoms with Crippen molar-refractivity contribution in [2.45, 2.75) is 0 Å². The molecule has 1 radical (unpaired) electrons. The van der Waals surface area contributed by atoms with E-state index in [1.807, 2.05) is 7.05 Å². The second-order valence-electron chi connectivity index (χ2n) is 1.08. The fraction of sp³-hybridized carbons (Fsp3) is 0.400. The predicted octanol–water partition coefficient (Wildman–Crippen LogP) is 0.696. The van der Waals surface area contributed by atoms with Crippen molar-refractivity contribution in [3.8, 4) is 0 Å². The zero-order valence-electron chi connectivity index (χ0n) is 4.65. The summed E-state index contributed by atoms with van der Waals surface area (Å²) in [4.78, 5) is 1.78. The monoisotopic (exact) mass is 172 g/mol. The standard InChI is InChI=1S/C5H9N.Y/c1-4-6(3)5-2;/h1-2,4H2,3H3;/q-2;. The molecule has 0 atom stereocenters. The summed E-state index contributed by atoms with van der Waals surface area (Å²) in [6.07, 6.45) is 2.64. The summed E-state index contributed by atoms with van der Waals surface area (Å²) >= 11 is 0. The fourth-order valence-corrected chi connectivity index (χ4v) is 0.0791. The molecule has 7 heavy (non-hydrogen) atoms. The minimum atomic E-state index is 0. The van der Waals surface area contributed by atoms with Gasteiger partial charge < -0.3 is 18.0 Å². The summed E-state index contributed by atoms with van der Waals surface area (Å²) in [6, 6.07) is 0. The zero-order valence-corrected chi connectivity index (χ0v) is 7.48. The molecule has 1 nitrogen and oxygen atoms in total. The Morgan fingerprint density at radius 2 is 2.29 bits per heavy atom. The molecule has 0 amide bonds. The summed E-state index contributed by atoms with van der Waals surface area (Å²) in [5.74, 6) is 0. The van der Waals surface area contributed by atoms with E-state index in [-0.39, 0.29) is 32.7 Å². The van der Waals surface area contributed by atoms with Gasteiger partial charge in [0.15, 0.2) is 0 Å². The third-order valence-corrected chi connectivity index (χ3v) is 0.605. The molecule has 0 aliphatic carbocycles. The van der Waals surface area contributed by atoms with Gasteiger partial charge in [-0.05, 0) is 7.05 Å². The van der Waals surface area contributed by atoms with Crippen molar-refractivity contribution in [3.05, 3.63) is 19.7 Å². The van der Waals surface area contributed by atoms with Gasteiger partial charge in [0.05, 0.1) is 0 Å². The van der Waals surface area contributed by atoms with Gasteiger partial charge in [0.1, 0.15) is 0 Å². The number of nitrogens with zero attached hydrogens (tertiary/aromatic N) is 1. The van der Waals surface area contributed by atoms with Gasteiger partial charge in [0, 0.05) is 32.7 Å². The minimum Gasteiger partial charge on any atom is -0.581 e. The Hall–Kier alpha value is 0.644. The van der Waals surface area contributed by atoms with Crippen LogP contribution >= 0.6 is 0 Å². The molecule has 0 aliphatic heterocycles. The SMILES string of the molecule is C=[C-]N(C)C[CH2-].[Y]. The average Bonchev–Trinajstić information content (AvgIpc) is 1.65. The fourth-order valence-electron chi connectivity index (χ4n) is 0.0791. The van der Waals surface area contributed by atoms with Crippen molar-refractivity contribution >= 4 is 0 Å². The Bertz CT molecular complexity index is 45.3. The van der Waals surface area contributed by atoms with Crippen LogP contribution in [0.25, 0.3) is 0 Å². The smallest absolute Gasteiger partial charge is 0 e. The molecule has 0 saturated carbocycles. The van der Waals surface area contributed by atoms with Gasteiger partial charge in [-0.15, -0.1) is 6.54 Å². The zero-order chi connectivity index (χ0) is 4.99. The maximum atomic E-state index is 3.58. The minimum absolute atomic E-state index is 0. The van der Waals surface area contributed by atoms with Crippen LogP contribution in [0.15, 0.2) is 6.58 Å². The number of hydrogen-bond acceptors (Lipinski definition) is 1. The quantitative estimate of drug-likeness (QED) is 0.437. The van der Waals surface area contributed by atoms with Crippen LogP contribution in [0, 0.1) is 13.1 Å². The summed E-state index contributed by atoms with van der Waals surface area (Å²) in [7, 11) is 1.88. The van der Waals surface area contributed by atoms with Crippen molar-refractivity contribution in [3.63, 3.8) is 0 Å². The first-order valence-corrected chi connectivity index (χ1v) is 1.84. The third-order valence-electron chi connectivity index (χ3n) is 0.605. The first kappa shape index (κ1) is 10.6. The van der Waals surface area contributed by atoms with E-state index in [1.54, 1.807) is 4.90 Å². The van der Waals surface area contributed by atoms with E-state index in [0.29, 0.717) is 0 Å². The first-order valence-electron chi connectivity index (χ1n) is 1.84. The molecule has 0 N–H and O–H groups in total. The molecule has 39 valence electrons. The molecule has 0 saturated heterocycles. The summed E-state index contributed by atoms with van der Waals surface area (Å²) in [5, 5.41) is 0. The van der Waals surface area contributed by atoms with E-state index in [0.717, 1.165) is 6.54 Å². The molecule has 0 rings (SSSR count). The van der Waals surface area contributed by atoms with Crippen LogP contribution in [-0.4, -0.2) is 18.5 Å². The van der Waals surface area contributed by atoms with Crippen molar-refractivity contribution in [1.82, 2.24) is 4.90 Å². The van der Waals surface area contributed by atoms with Crippen LogP contribution in [0.3, 0.4) is 0 Å². The molecular weight excluding hydrogens is 163 g/mol. The topological polar surface area (TPSA) is 3.24 Å². The second kappa shape index (κ2) is 6.64. The predicted molar refractivity (Wildman–Crippen MR) is 26.9 cm³/mol. The second-order valence-corrected chi connectivity index (χ2v) is 1.08. The van der Waals surface area contributed by atoms with Crippen molar-refractivity contribution in [2.24, 2.45) is 0 Å². The van der Waals surface area contributed by atoms with Crippen LogP contribution < -0.4 is 0 Å². The third kappa shape index (κ3) is 6.64. The van der Waals surface area contributed by atoms with Gasteiger partial charge in [-0.1, -0.05) is 0 Å². The van der Waals surface area contributed by atoms with Gasteiger partial charge in [-0.25, -0.2) is 0 Å². The van der Waals surface area contributed by atoms with Gasteiger partial charge >= 0.3 is 0 Å². The molecular formula is C5H9NY-2. The van der Waals surface area contributed by atoms with E-state index in [2.05, 4.69) is 19.7 Å². The molecule has 0 heterocycles. The van der Waals surface area contributed by atoms with E-state index >= 15 is 0 Å². The van der Waals surface area contributed by atoms with E-state index in [9.17, 15) is 0 Å². The largest absolute Gasteiger partial charge is 0.581 e. The summed E-state index contributed by atoms with van der Waals surface area (Å²) < 4.78 is 0. The van der Waals surface area contributed by atoms with Crippen LogP contribution in [0.5, 0.6) is 0 Å². The first-order chi connectivity index (χ1) is 2.81. The maximum absolute atomic E-state index is 3.58. The summed E-state index contributed by atoms with van der Waals surface area (Å²) in [6.45, 7) is 7.71. The Labute approximate surface area is 70.7 Å². The molecule has 0 aromatic rings. The normalized spacial score (nSPS) is 6.57. The Balaban J connectivity index is 0. The molecule has 0 spiro atoms. The van der Waals surface area contributed by atoms with Gasteiger partial charge in [0.2, 0.25) is 0 Å². The van der Waals surface area contributed by atoms with Crippen molar-refractivity contribution < 1.29 is 32.7 Å². The van der Waals surface area contributed by atoms with E-state index in [4.69, 9.17) is 0 Å². The van der Waals surface area contributed by atoms with Gasteiger partial charge in [0.25, 0.3) is 0 Å². The van der Waals surface area contributed by atoms with Crippen molar-refractivity contribution in [1.29, 1.82) is 0 Å². The van der Waals surface area contributed by atoms with Crippen LogP contribution in [0.1, 0.15) is 0 Å². The number of rotatable bonds is 2. The molecule has 2 heteroatoms. The Morgan fingerprint density at radius 1 is 1.86 bits per heavy atom. The van der Waals surface area contributed by atoms with E-state index in [1.165, 1.54) is 0 Å².